The molecule has 0 unspecified atom stereocenters. The minimum atomic E-state index is -1.18. The molecule has 14 heteroatoms. The molecule has 0 spiro atoms. The van der Waals surface area contributed by atoms with Crippen LogP contribution in [0.3, 0.4) is 0 Å². The largest absolute Gasteiger partial charge is 0.506 e. The van der Waals surface area contributed by atoms with E-state index >= 15 is 0 Å². The molecule has 2 aliphatic rings. The lowest BCUT2D eigenvalue weighted by Gasteiger charge is -2.21. The molecule has 0 bridgehead atoms. The number of methoxy groups -OCH3 is 2. The number of hydrogen-bond donors (Lipinski definition) is 4. The predicted molar refractivity (Wildman–Crippen MR) is 219 cm³/mol. The maximum absolute atomic E-state index is 13.8. The molecule has 0 radical (unpaired) electrons. The topological polar surface area (TPSA) is 190 Å². The molecule has 0 fully saturated rings. The van der Waals surface area contributed by atoms with E-state index in [0.29, 0.717) is 44.5 Å². The van der Waals surface area contributed by atoms with Gasteiger partial charge < -0.3 is 34.7 Å². The standard InChI is InChI=1S/C44H31ClN4O9/c1-56-43(54)33-16-13-22-7-5-11-31(37(22)48-33)46-20-28-35(50)18-15-26-36(24-9-3-4-10-25(24)42(52)53)27-19-30(45)39(51)29(41(27)58-40(26)28)21-47-32-12-6-8-23-14-17-34(44(55)57-2)49-38(23)32/h3-19,46-47,51H,20-21H2,1-2H3,(H,52,53). The molecule has 3 heterocycles. The number of aromatic nitrogens is 2. The number of nitrogens with zero attached hydrogens (tertiary/aromatic N) is 2. The van der Waals surface area contributed by atoms with Gasteiger partial charge in [-0.25, -0.2) is 24.4 Å². The van der Waals surface area contributed by atoms with Crippen LogP contribution in [0.4, 0.5) is 11.4 Å². The van der Waals surface area contributed by atoms with Gasteiger partial charge in [-0.2, -0.15) is 0 Å². The highest BCUT2D eigenvalue weighted by atomic mass is 35.5. The van der Waals surface area contributed by atoms with Gasteiger partial charge in [-0.05, 0) is 54.1 Å². The van der Waals surface area contributed by atoms with E-state index in [2.05, 4.69) is 20.6 Å². The highest BCUT2D eigenvalue weighted by molar-refractivity contribution is 6.33. The monoisotopic (exact) mass is 794 g/mol. The van der Waals surface area contributed by atoms with E-state index in [9.17, 15) is 29.4 Å². The van der Waals surface area contributed by atoms with E-state index in [1.165, 1.54) is 32.4 Å². The van der Waals surface area contributed by atoms with Crippen LogP contribution < -0.4 is 16.1 Å². The molecule has 2 aromatic heterocycles. The Balaban J connectivity index is 1.32. The van der Waals surface area contributed by atoms with Gasteiger partial charge in [0.05, 0.1) is 58.3 Å². The third kappa shape index (κ3) is 6.62. The number of benzene rings is 5. The Labute approximate surface area is 333 Å². The number of fused-ring (bicyclic) bond motifs is 4. The van der Waals surface area contributed by atoms with Gasteiger partial charge >= 0.3 is 17.9 Å². The Morgan fingerprint density at radius 1 is 0.724 bits per heavy atom. The first kappa shape index (κ1) is 37.4. The second kappa shape index (κ2) is 15.2. The van der Waals surface area contributed by atoms with Crippen LogP contribution in [0.1, 0.15) is 42.5 Å². The number of ether oxygens (including phenoxy) is 2. The van der Waals surface area contributed by atoms with Crippen LogP contribution in [0.15, 0.2) is 112 Å². The summed E-state index contributed by atoms with van der Waals surface area (Å²) < 4.78 is 16.4. The highest BCUT2D eigenvalue weighted by Gasteiger charge is 2.28. The number of carboxylic acid groups (broad SMARTS) is 1. The fraction of sp³-hybridized carbons (Fsp3) is 0.0909. The average molecular weight is 795 g/mol. The van der Waals surface area contributed by atoms with E-state index < -0.39 is 17.9 Å². The number of rotatable bonds is 10. The first-order chi connectivity index (χ1) is 28.1. The molecule has 6 aromatic rings. The zero-order valence-corrected chi connectivity index (χ0v) is 31.5. The number of carbonyl (C=O) groups is 3. The molecule has 8 rings (SSSR count). The Kier molecular flexibility index (Phi) is 9.81. The van der Waals surface area contributed by atoms with Crippen molar-refractivity contribution >= 4 is 73.7 Å². The number of hydrogen-bond acceptors (Lipinski definition) is 12. The lowest BCUT2D eigenvalue weighted by atomic mass is 9.88. The molecule has 0 atom stereocenters. The fourth-order valence-corrected chi connectivity index (χ4v) is 7.26. The number of phenolic OH excluding ortho intramolecular Hbond substituents is 1. The van der Waals surface area contributed by atoms with Crippen molar-refractivity contribution < 1.29 is 38.5 Å². The number of anilines is 2. The summed E-state index contributed by atoms with van der Waals surface area (Å²) in [5, 5.41) is 30.2. The Bertz CT molecular complexity index is 3020. The molecule has 4 aromatic carbocycles. The SMILES string of the molecule is COC(=O)c1ccc2cccc(NCc3c4oc5c(CNc6cccc7ccc(C(=O)OC)nc67)c(O)c(Cl)cc5c(-c5ccccc5C(=O)O)c-4ccc3=O)c2n1. The lowest BCUT2D eigenvalue weighted by molar-refractivity contribution is 0.0586. The van der Waals surface area contributed by atoms with Gasteiger partial charge in [-0.1, -0.05) is 66.2 Å². The molecule has 0 saturated carbocycles. The smallest absolute Gasteiger partial charge is 0.356 e. The second-order valence-corrected chi connectivity index (χ2v) is 13.6. The fourth-order valence-electron chi connectivity index (χ4n) is 7.04. The summed E-state index contributed by atoms with van der Waals surface area (Å²) in [5.41, 5.74) is 3.41. The van der Waals surface area contributed by atoms with Crippen LogP contribution in [0, 0.1) is 0 Å². The van der Waals surface area contributed by atoms with Crippen LogP contribution in [0.25, 0.3) is 55.2 Å². The van der Waals surface area contributed by atoms with Crippen molar-refractivity contribution in [2.24, 2.45) is 0 Å². The molecule has 58 heavy (non-hydrogen) atoms. The first-order valence-electron chi connectivity index (χ1n) is 17.8. The van der Waals surface area contributed by atoms with Crippen LogP contribution in [-0.2, 0) is 22.6 Å². The zero-order chi connectivity index (χ0) is 40.7. The van der Waals surface area contributed by atoms with Crippen LogP contribution >= 0.6 is 11.6 Å². The molecule has 0 saturated heterocycles. The summed E-state index contributed by atoms with van der Waals surface area (Å²) >= 11 is 6.72. The predicted octanol–water partition coefficient (Wildman–Crippen LogP) is 8.52. The molecular formula is C44H31ClN4O9. The van der Waals surface area contributed by atoms with Gasteiger partial charge in [0.25, 0.3) is 0 Å². The molecular weight excluding hydrogens is 764 g/mol. The number of nitrogens with one attached hydrogen (secondary N) is 2. The van der Waals surface area contributed by atoms with Crippen molar-refractivity contribution in [1.82, 2.24) is 9.97 Å². The van der Waals surface area contributed by atoms with Crippen LogP contribution in [0.5, 0.6) is 5.75 Å². The van der Waals surface area contributed by atoms with Gasteiger partial charge in [0.2, 0.25) is 0 Å². The number of para-hydroxylation sites is 2. The van der Waals surface area contributed by atoms with Crippen molar-refractivity contribution in [1.29, 1.82) is 0 Å². The van der Waals surface area contributed by atoms with E-state index in [1.54, 1.807) is 72.8 Å². The number of esters is 2. The van der Waals surface area contributed by atoms with Crippen LogP contribution in [-0.4, -0.2) is 52.3 Å². The van der Waals surface area contributed by atoms with Gasteiger partial charge in [0.1, 0.15) is 28.5 Å². The third-order valence-electron chi connectivity index (χ3n) is 9.83. The minimum absolute atomic E-state index is 0.0162. The number of pyridine rings is 2. The van der Waals surface area contributed by atoms with E-state index in [-0.39, 0.29) is 68.7 Å². The average Bonchev–Trinajstić information content (AvgIpc) is 3.24. The summed E-state index contributed by atoms with van der Waals surface area (Å²) in [4.78, 5) is 60.1. The summed E-state index contributed by atoms with van der Waals surface area (Å²) in [6.45, 7) is -0.165. The minimum Gasteiger partial charge on any atom is -0.506 e. The number of phenols is 1. The normalized spacial score (nSPS) is 11.2. The second-order valence-electron chi connectivity index (χ2n) is 13.1. The van der Waals surface area contributed by atoms with E-state index in [1.807, 2.05) is 12.1 Å². The lowest BCUT2D eigenvalue weighted by Crippen LogP contribution is -2.15. The van der Waals surface area contributed by atoms with Crippen molar-refractivity contribution in [3.63, 3.8) is 0 Å². The van der Waals surface area contributed by atoms with Gasteiger partial charge in [-0.15, -0.1) is 0 Å². The zero-order valence-electron chi connectivity index (χ0n) is 30.8. The first-order valence-corrected chi connectivity index (χ1v) is 18.1. The van der Waals surface area contributed by atoms with Gasteiger partial charge in [0.15, 0.2) is 5.43 Å². The Morgan fingerprint density at radius 3 is 1.90 bits per heavy atom. The number of halogens is 1. The molecule has 288 valence electrons. The van der Waals surface area contributed by atoms with Crippen molar-refractivity contribution in [3.05, 3.63) is 146 Å². The maximum Gasteiger partial charge on any atom is 0.356 e. The van der Waals surface area contributed by atoms with Gasteiger partial charge in [0, 0.05) is 40.4 Å². The third-order valence-corrected chi connectivity index (χ3v) is 10.1. The highest BCUT2D eigenvalue weighted by Crippen LogP contribution is 2.47. The molecule has 1 aliphatic heterocycles. The van der Waals surface area contributed by atoms with Crippen molar-refractivity contribution in [2.45, 2.75) is 13.1 Å². The summed E-state index contributed by atoms with van der Waals surface area (Å²) in [5.74, 6) is -2.59. The summed E-state index contributed by atoms with van der Waals surface area (Å²) in [6, 6.07) is 28.3. The molecule has 1 aliphatic carbocycles. The molecule has 13 nitrogen and oxygen atoms in total. The molecule has 4 N–H and O–H groups in total. The molecule has 0 amide bonds. The number of aromatic carboxylic acids is 1. The number of carboxylic acids is 1. The maximum atomic E-state index is 13.8. The summed E-state index contributed by atoms with van der Waals surface area (Å²) in [6.07, 6.45) is 0. The van der Waals surface area contributed by atoms with Crippen molar-refractivity contribution in [2.75, 3.05) is 24.9 Å². The van der Waals surface area contributed by atoms with E-state index in [4.69, 9.17) is 25.5 Å². The number of carbonyl (C=O) groups excluding carboxylic acids is 2. The number of aromatic hydroxyl groups is 1. The quantitative estimate of drug-likeness (QED) is 0.0762. The van der Waals surface area contributed by atoms with E-state index in [0.717, 1.165) is 10.8 Å². The Hall–Kier alpha value is -7.51. The van der Waals surface area contributed by atoms with Crippen molar-refractivity contribution in [3.8, 4) is 28.2 Å². The Morgan fingerprint density at radius 2 is 1.31 bits per heavy atom. The summed E-state index contributed by atoms with van der Waals surface area (Å²) in [7, 11) is 2.53. The van der Waals surface area contributed by atoms with Gasteiger partial charge in [-0.3, -0.25) is 4.79 Å². The van der Waals surface area contributed by atoms with Crippen LogP contribution in [0.2, 0.25) is 5.02 Å².